The average molecular weight is 383 g/mol. The fraction of sp³-hybridized carbons (Fsp3) is 0.632. The second kappa shape index (κ2) is 8.14. The first-order valence-electron chi connectivity index (χ1n) is 9.18. The Labute approximate surface area is 160 Å². The average Bonchev–Trinajstić information content (AvgIpc) is 2.80. The monoisotopic (exact) mass is 383 g/mol. The molecule has 1 aliphatic rings. The van der Waals surface area contributed by atoms with Gasteiger partial charge in [-0.25, -0.2) is 8.78 Å². The molecule has 1 aromatic carbocycles. The van der Waals surface area contributed by atoms with Crippen molar-refractivity contribution in [1.82, 2.24) is 0 Å². The third kappa shape index (κ3) is 4.61. The number of rotatable bonds is 7. The number of methoxy groups -OCH3 is 1. The van der Waals surface area contributed by atoms with Crippen LogP contribution >= 0.6 is 0 Å². The van der Waals surface area contributed by atoms with Gasteiger partial charge in [-0.1, -0.05) is 0 Å². The molecule has 0 aromatic heterocycles. The molecule has 8 heteroatoms. The van der Waals surface area contributed by atoms with Gasteiger partial charge in [-0.05, 0) is 58.6 Å². The minimum absolute atomic E-state index is 0.109. The molecule has 1 aliphatic heterocycles. The van der Waals surface area contributed by atoms with Gasteiger partial charge in [0, 0.05) is 19.5 Å². The van der Waals surface area contributed by atoms with Crippen LogP contribution in [0.15, 0.2) is 12.1 Å². The Bertz CT molecular complexity index is 657. The Balaban J connectivity index is 2.20. The summed E-state index contributed by atoms with van der Waals surface area (Å²) in [6.07, 6.45) is 0.639. The number of esters is 1. The van der Waals surface area contributed by atoms with E-state index < -0.39 is 30.0 Å². The summed E-state index contributed by atoms with van der Waals surface area (Å²) < 4.78 is 45.8. The second-order valence-electron chi connectivity index (χ2n) is 7.68. The highest BCUT2D eigenvalue weighted by molar-refractivity contribution is 6.62. The van der Waals surface area contributed by atoms with Crippen molar-refractivity contribution in [3.8, 4) is 0 Å². The summed E-state index contributed by atoms with van der Waals surface area (Å²) in [6.45, 7) is 10.1. The van der Waals surface area contributed by atoms with Crippen LogP contribution in [0.25, 0.3) is 0 Å². The fourth-order valence-electron chi connectivity index (χ4n) is 2.95. The molecule has 0 atom stereocenters. The molecule has 1 heterocycles. The van der Waals surface area contributed by atoms with Gasteiger partial charge in [0.2, 0.25) is 0 Å². The second-order valence-corrected chi connectivity index (χ2v) is 7.68. The number of nitrogens with zero attached hydrogens (tertiary/aromatic N) is 1. The number of carbonyl (C=O) groups is 1. The van der Waals surface area contributed by atoms with Gasteiger partial charge in [-0.3, -0.25) is 4.79 Å². The van der Waals surface area contributed by atoms with Crippen molar-refractivity contribution >= 4 is 24.2 Å². The van der Waals surface area contributed by atoms with E-state index in [9.17, 15) is 13.6 Å². The van der Waals surface area contributed by atoms with E-state index in [2.05, 4.69) is 4.74 Å². The van der Waals surface area contributed by atoms with Gasteiger partial charge in [-0.15, -0.1) is 0 Å². The highest BCUT2D eigenvalue weighted by Crippen LogP contribution is 2.37. The summed E-state index contributed by atoms with van der Waals surface area (Å²) in [7, 11) is 0.482. The predicted octanol–water partition coefficient (Wildman–Crippen LogP) is 3.04. The Morgan fingerprint density at radius 2 is 1.67 bits per heavy atom. The summed E-state index contributed by atoms with van der Waals surface area (Å²) in [5.74, 6) is -1.71. The van der Waals surface area contributed by atoms with Crippen molar-refractivity contribution in [2.75, 3.05) is 25.1 Å². The molecule has 1 fully saturated rings. The van der Waals surface area contributed by atoms with Crippen LogP contribution in [-0.2, 0) is 18.8 Å². The van der Waals surface area contributed by atoms with Crippen molar-refractivity contribution in [2.24, 2.45) is 0 Å². The molecule has 150 valence electrons. The van der Waals surface area contributed by atoms with Crippen LogP contribution in [0.4, 0.5) is 14.5 Å². The molecule has 0 spiro atoms. The lowest BCUT2D eigenvalue weighted by Gasteiger charge is -2.32. The standard InChI is InChI=1S/C19H28BF2NO4/c1-7-23(10-8-9-16(24)25-6)17-14(21)11-13(12-15(17)22)20-26-18(2,3)19(4,5)27-20/h11-12H,7-10H2,1-6H3. The molecular formula is C19H28BF2NO4. The number of halogens is 2. The van der Waals surface area contributed by atoms with Crippen LogP contribution in [0, 0.1) is 11.6 Å². The Hall–Kier alpha value is -1.67. The molecule has 0 aliphatic carbocycles. The van der Waals surface area contributed by atoms with Crippen LogP contribution in [0.1, 0.15) is 47.5 Å². The van der Waals surface area contributed by atoms with E-state index in [1.54, 1.807) is 11.8 Å². The molecule has 0 bridgehead atoms. The van der Waals surface area contributed by atoms with E-state index >= 15 is 0 Å². The van der Waals surface area contributed by atoms with Gasteiger partial charge >= 0.3 is 13.1 Å². The molecule has 0 N–H and O–H groups in total. The third-order valence-electron chi connectivity index (χ3n) is 5.30. The quantitative estimate of drug-likeness (QED) is 0.535. The van der Waals surface area contributed by atoms with Gasteiger partial charge in [0.05, 0.1) is 18.3 Å². The first-order chi connectivity index (χ1) is 12.5. The fourth-order valence-corrected chi connectivity index (χ4v) is 2.95. The highest BCUT2D eigenvalue weighted by atomic mass is 19.1. The van der Waals surface area contributed by atoms with Crippen molar-refractivity contribution < 1.29 is 27.6 Å². The number of anilines is 1. The summed E-state index contributed by atoms with van der Waals surface area (Å²) >= 11 is 0. The number of hydrogen-bond donors (Lipinski definition) is 0. The molecule has 5 nitrogen and oxygen atoms in total. The van der Waals surface area contributed by atoms with Crippen LogP contribution < -0.4 is 10.4 Å². The predicted molar refractivity (Wildman–Crippen MR) is 101 cm³/mol. The van der Waals surface area contributed by atoms with Gasteiger partial charge in [0.25, 0.3) is 0 Å². The highest BCUT2D eigenvalue weighted by Gasteiger charge is 2.52. The van der Waals surface area contributed by atoms with Crippen LogP contribution in [-0.4, -0.2) is 44.5 Å². The SMILES string of the molecule is CCN(CCCC(=O)OC)c1c(F)cc(B2OC(C)(C)C(C)(C)O2)cc1F. The van der Waals surface area contributed by atoms with E-state index in [-0.39, 0.29) is 18.1 Å². The topological polar surface area (TPSA) is 48.0 Å². The molecule has 0 unspecified atom stereocenters. The minimum atomic E-state index is -0.831. The molecule has 27 heavy (non-hydrogen) atoms. The van der Waals surface area contributed by atoms with Crippen molar-refractivity contribution in [3.05, 3.63) is 23.8 Å². The maximum absolute atomic E-state index is 14.8. The number of hydrogen-bond acceptors (Lipinski definition) is 5. The maximum Gasteiger partial charge on any atom is 0.495 e. The zero-order valence-corrected chi connectivity index (χ0v) is 16.9. The lowest BCUT2D eigenvalue weighted by Crippen LogP contribution is -2.41. The van der Waals surface area contributed by atoms with Crippen LogP contribution in [0.3, 0.4) is 0 Å². The summed E-state index contributed by atoms with van der Waals surface area (Å²) in [5.41, 5.74) is -0.986. The summed E-state index contributed by atoms with van der Waals surface area (Å²) in [5, 5.41) is 0. The molecule has 2 rings (SSSR count). The Morgan fingerprint density at radius 3 is 2.11 bits per heavy atom. The van der Waals surface area contributed by atoms with E-state index in [0.717, 1.165) is 0 Å². The van der Waals surface area contributed by atoms with Gasteiger partial charge in [-0.2, -0.15) is 0 Å². The van der Waals surface area contributed by atoms with E-state index in [4.69, 9.17) is 9.31 Å². The molecule has 0 amide bonds. The minimum Gasteiger partial charge on any atom is -0.469 e. The van der Waals surface area contributed by atoms with Crippen molar-refractivity contribution in [2.45, 2.75) is 58.7 Å². The van der Waals surface area contributed by atoms with Gasteiger partial charge < -0.3 is 18.9 Å². The van der Waals surface area contributed by atoms with Gasteiger partial charge in [0.1, 0.15) is 17.3 Å². The zero-order valence-electron chi connectivity index (χ0n) is 16.9. The van der Waals surface area contributed by atoms with Crippen molar-refractivity contribution in [3.63, 3.8) is 0 Å². The first kappa shape index (κ1) is 21.6. The van der Waals surface area contributed by atoms with E-state index in [1.807, 2.05) is 27.7 Å². The lowest BCUT2D eigenvalue weighted by atomic mass is 9.79. The number of carbonyl (C=O) groups excluding carboxylic acids is 1. The smallest absolute Gasteiger partial charge is 0.469 e. The van der Waals surface area contributed by atoms with Crippen molar-refractivity contribution in [1.29, 1.82) is 0 Å². The molecule has 1 aromatic rings. The molecular weight excluding hydrogens is 355 g/mol. The van der Waals surface area contributed by atoms with Gasteiger partial charge in [0.15, 0.2) is 0 Å². The normalized spacial score (nSPS) is 17.9. The Morgan fingerprint density at radius 1 is 1.15 bits per heavy atom. The number of benzene rings is 1. The van der Waals surface area contributed by atoms with E-state index in [0.29, 0.717) is 25.0 Å². The largest absolute Gasteiger partial charge is 0.495 e. The maximum atomic E-state index is 14.8. The first-order valence-corrected chi connectivity index (χ1v) is 9.18. The molecule has 0 saturated carbocycles. The summed E-state index contributed by atoms with van der Waals surface area (Å²) in [4.78, 5) is 12.8. The number of ether oxygens (including phenoxy) is 1. The Kier molecular flexibility index (Phi) is 6.53. The summed E-state index contributed by atoms with van der Waals surface area (Å²) in [6, 6.07) is 2.51. The van der Waals surface area contributed by atoms with Crippen LogP contribution in [0.5, 0.6) is 0 Å². The van der Waals surface area contributed by atoms with E-state index in [1.165, 1.54) is 19.2 Å². The van der Waals surface area contributed by atoms with Crippen LogP contribution in [0.2, 0.25) is 0 Å². The molecule has 0 radical (unpaired) electrons. The lowest BCUT2D eigenvalue weighted by molar-refractivity contribution is -0.140. The third-order valence-corrected chi connectivity index (χ3v) is 5.30. The molecule has 1 saturated heterocycles. The zero-order chi connectivity index (χ0) is 20.4.